The molecule has 0 atom stereocenters. The molecule has 6 nitrogen and oxygen atoms in total. The molecule has 2 aromatic rings. The van der Waals surface area contributed by atoms with Crippen molar-refractivity contribution in [3.63, 3.8) is 0 Å². The summed E-state index contributed by atoms with van der Waals surface area (Å²) in [5, 5.41) is 9.29. The van der Waals surface area contributed by atoms with Gasteiger partial charge in [-0.1, -0.05) is 6.08 Å². The van der Waals surface area contributed by atoms with E-state index in [4.69, 9.17) is 0 Å². The first-order valence-electron chi connectivity index (χ1n) is 5.62. The van der Waals surface area contributed by atoms with E-state index in [1.807, 2.05) is 0 Å². The molecule has 0 aliphatic rings. The minimum Gasteiger partial charge on any atom is -0.334 e. The molecule has 0 saturated heterocycles. The minimum atomic E-state index is -0.465. The molecule has 2 amide bonds. The molecule has 8 heteroatoms. The largest absolute Gasteiger partial charge is 0.334 e. The summed E-state index contributed by atoms with van der Waals surface area (Å²) in [6.07, 6.45) is 5.68. The fraction of sp³-hybridized carbons (Fsp3) is 0.0833. The summed E-state index contributed by atoms with van der Waals surface area (Å²) in [5.41, 5.74) is 0.904. The Morgan fingerprint density at radius 3 is 3.05 bits per heavy atom. The maximum Gasteiger partial charge on any atom is 0.319 e. The summed E-state index contributed by atoms with van der Waals surface area (Å²) in [7, 11) is 0. The van der Waals surface area contributed by atoms with Crippen molar-refractivity contribution in [3.8, 4) is 5.69 Å². The molecule has 2 aromatic heterocycles. The lowest BCUT2D eigenvalue weighted by Gasteiger charge is -2.03. The van der Waals surface area contributed by atoms with Crippen LogP contribution in [0.25, 0.3) is 5.69 Å². The van der Waals surface area contributed by atoms with Gasteiger partial charge in [0.1, 0.15) is 5.82 Å². The molecule has 104 valence electrons. The van der Waals surface area contributed by atoms with Gasteiger partial charge in [-0.05, 0) is 15.9 Å². The van der Waals surface area contributed by atoms with Gasteiger partial charge in [0.25, 0.3) is 0 Å². The highest BCUT2D eigenvalue weighted by Gasteiger charge is 2.10. The number of carbonyl (C=O) groups excluding carboxylic acids is 1. The fourth-order valence-electron chi connectivity index (χ4n) is 1.43. The van der Waals surface area contributed by atoms with Crippen molar-refractivity contribution in [2.75, 3.05) is 11.9 Å². The Morgan fingerprint density at radius 1 is 1.55 bits per heavy atom. The number of rotatable bonds is 4. The summed E-state index contributed by atoms with van der Waals surface area (Å²) >= 11 is 3.22. The fourth-order valence-corrected chi connectivity index (χ4v) is 1.80. The number of anilines is 1. The van der Waals surface area contributed by atoms with Gasteiger partial charge in [0, 0.05) is 12.6 Å². The van der Waals surface area contributed by atoms with Gasteiger partial charge in [0.05, 0.1) is 30.0 Å². The Balaban J connectivity index is 2.17. The Hall–Kier alpha value is -2.22. The van der Waals surface area contributed by atoms with E-state index in [-0.39, 0.29) is 6.03 Å². The average molecular weight is 340 g/mol. The van der Waals surface area contributed by atoms with Crippen molar-refractivity contribution in [3.05, 3.63) is 47.7 Å². The van der Waals surface area contributed by atoms with Gasteiger partial charge in [-0.2, -0.15) is 5.10 Å². The molecular formula is C12H11BrFN5O. The van der Waals surface area contributed by atoms with Crippen LogP contribution in [-0.2, 0) is 0 Å². The smallest absolute Gasteiger partial charge is 0.319 e. The van der Waals surface area contributed by atoms with Crippen LogP contribution in [0.5, 0.6) is 0 Å². The van der Waals surface area contributed by atoms with Gasteiger partial charge in [-0.15, -0.1) is 6.58 Å². The molecule has 0 aliphatic heterocycles. The summed E-state index contributed by atoms with van der Waals surface area (Å²) in [5.74, 6) is -0.465. The SMILES string of the molecule is C=CCNC(=O)Nc1cn(-c2cncc(F)c2)nc1Br. The molecule has 0 aromatic carbocycles. The van der Waals surface area contributed by atoms with Crippen molar-refractivity contribution in [1.82, 2.24) is 20.1 Å². The maximum absolute atomic E-state index is 13.1. The highest BCUT2D eigenvalue weighted by atomic mass is 79.9. The number of hydrogen-bond acceptors (Lipinski definition) is 3. The Bertz CT molecular complexity index is 643. The Morgan fingerprint density at radius 2 is 2.35 bits per heavy atom. The van der Waals surface area contributed by atoms with E-state index in [1.165, 1.54) is 16.9 Å². The minimum absolute atomic E-state index is 0.353. The van der Waals surface area contributed by atoms with Gasteiger partial charge in [-0.25, -0.2) is 13.9 Å². The summed E-state index contributed by atoms with van der Waals surface area (Å²) in [6, 6.07) is 0.899. The Kier molecular flexibility index (Phi) is 4.46. The van der Waals surface area contributed by atoms with Crippen molar-refractivity contribution in [2.45, 2.75) is 0 Å². The lowest BCUT2D eigenvalue weighted by molar-refractivity contribution is 0.253. The van der Waals surface area contributed by atoms with Crippen LogP contribution in [0.3, 0.4) is 0 Å². The first kappa shape index (κ1) is 14.2. The molecule has 2 rings (SSSR count). The van der Waals surface area contributed by atoms with Crippen LogP contribution in [0.4, 0.5) is 14.9 Å². The number of carbonyl (C=O) groups is 1. The molecule has 2 heterocycles. The Labute approximate surface area is 122 Å². The van der Waals surface area contributed by atoms with Gasteiger partial charge in [-0.3, -0.25) is 4.98 Å². The molecule has 2 N–H and O–H groups in total. The van der Waals surface area contributed by atoms with E-state index in [0.717, 1.165) is 6.20 Å². The van der Waals surface area contributed by atoms with Crippen LogP contribution < -0.4 is 10.6 Å². The highest BCUT2D eigenvalue weighted by molar-refractivity contribution is 9.10. The molecule has 0 spiro atoms. The number of halogens is 2. The van der Waals surface area contributed by atoms with E-state index >= 15 is 0 Å². The second-order valence-corrected chi connectivity index (χ2v) is 4.51. The molecule has 0 saturated carbocycles. The molecular weight excluding hydrogens is 329 g/mol. The van der Waals surface area contributed by atoms with Gasteiger partial charge in [0.2, 0.25) is 0 Å². The number of nitrogens with one attached hydrogen (secondary N) is 2. The van der Waals surface area contributed by atoms with Crippen molar-refractivity contribution in [2.24, 2.45) is 0 Å². The van der Waals surface area contributed by atoms with Gasteiger partial charge >= 0.3 is 6.03 Å². The van der Waals surface area contributed by atoms with E-state index in [9.17, 15) is 9.18 Å². The van der Waals surface area contributed by atoms with E-state index in [0.29, 0.717) is 22.5 Å². The van der Waals surface area contributed by atoms with Gasteiger partial charge in [0.15, 0.2) is 4.60 Å². The topological polar surface area (TPSA) is 71.8 Å². The predicted molar refractivity (Wildman–Crippen MR) is 76.2 cm³/mol. The van der Waals surface area contributed by atoms with Crippen molar-refractivity contribution in [1.29, 1.82) is 0 Å². The number of aromatic nitrogens is 3. The van der Waals surface area contributed by atoms with Crippen LogP contribution in [-0.4, -0.2) is 27.3 Å². The van der Waals surface area contributed by atoms with E-state index in [1.54, 1.807) is 12.3 Å². The zero-order valence-electron chi connectivity index (χ0n) is 10.3. The standard InChI is InChI=1S/C12H11BrFN5O/c1-2-3-16-12(20)17-10-7-19(18-11(10)13)9-4-8(14)5-15-6-9/h2,4-7H,1,3H2,(H2,16,17,20). The van der Waals surface area contributed by atoms with Crippen molar-refractivity contribution >= 4 is 27.6 Å². The molecule has 20 heavy (non-hydrogen) atoms. The van der Waals surface area contributed by atoms with Crippen LogP contribution in [0.1, 0.15) is 0 Å². The first-order chi connectivity index (χ1) is 9.60. The van der Waals surface area contributed by atoms with Crippen LogP contribution in [0.2, 0.25) is 0 Å². The lowest BCUT2D eigenvalue weighted by Crippen LogP contribution is -2.28. The maximum atomic E-state index is 13.1. The number of nitrogens with zero attached hydrogens (tertiary/aromatic N) is 3. The van der Waals surface area contributed by atoms with Crippen LogP contribution >= 0.6 is 15.9 Å². The second-order valence-electron chi connectivity index (χ2n) is 3.76. The highest BCUT2D eigenvalue weighted by Crippen LogP contribution is 2.22. The van der Waals surface area contributed by atoms with Gasteiger partial charge < -0.3 is 10.6 Å². The number of amides is 2. The van der Waals surface area contributed by atoms with Crippen LogP contribution in [0, 0.1) is 5.82 Å². The zero-order valence-corrected chi connectivity index (χ0v) is 11.9. The third-order valence-corrected chi connectivity index (χ3v) is 2.87. The third kappa shape index (κ3) is 3.41. The van der Waals surface area contributed by atoms with Crippen molar-refractivity contribution < 1.29 is 9.18 Å². The summed E-state index contributed by atoms with van der Waals surface area (Å²) in [4.78, 5) is 15.3. The molecule has 0 fully saturated rings. The predicted octanol–water partition coefficient (Wildman–Crippen LogP) is 2.48. The number of hydrogen-bond donors (Lipinski definition) is 2. The monoisotopic (exact) mass is 339 g/mol. The summed E-state index contributed by atoms with van der Waals surface area (Å²) < 4.78 is 14.9. The second kappa shape index (κ2) is 6.29. The lowest BCUT2D eigenvalue weighted by atomic mass is 10.4. The van der Waals surface area contributed by atoms with E-state index in [2.05, 4.69) is 43.2 Å². The van der Waals surface area contributed by atoms with Crippen LogP contribution in [0.15, 0.2) is 41.9 Å². The number of pyridine rings is 1. The first-order valence-corrected chi connectivity index (χ1v) is 6.41. The summed E-state index contributed by atoms with van der Waals surface area (Å²) in [6.45, 7) is 3.85. The molecule has 0 bridgehead atoms. The van der Waals surface area contributed by atoms with E-state index < -0.39 is 5.82 Å². The molecule has 0 aliphatic carbocycles. The normalized spacial score (nSPS) is 10.1. The third-order valence-electron chi connectivity index (χ3n) is 2.28. The quantitative estimate of drug-likeness (QED) is 0.840. The molecule has 0 unspecified atom stereocenters. The number of urea groups is 1. The molecule has 0 radical (unpaired) electrons. The zero-order chi connectivity index (χ0) is 14.5. The average Bonchev–Trinajstić information content (AvgIpc) is 2.78.